The van der Waals surface area contributed by atoms with Crippen molar-refractivity contribution in [3.05, 3.63) is 0 Å². The molecule has 1 unspecified atom stereocenters. The fourth-order valence-electron chi connectivity index (χ4n) is 3.17. The van der Waals surface area contributed by atoms with Gasteiger partial charge in [0.1, 0.15) is 0 Å². The summed E-state index contributed by atoms with van der Waals surface area (Å²) in [6.07, 6.45) is 2.48. The van der Waals surface area contributed by atoms with Crippen molar-refractivity contribution in [2.75, 3.05) is 33.7 Å². The Morgan fingerprint density at radius 3 is 2.39 bits per heavy atom. The minimum Gasteiger partial charge on any atom is -0.320 e. The molecule has 0 aromatic rings. The van der Waals surface area contributed by atoms with Crippen molar-refractivity contribution < 1.29 is 0 Å². The summed E-state index contributed by atoms with van der Waals surface area (Å²) in [7, 11) is 4.32. The van der Waals surface area contributed by atoms with Gasteiger partial charge in [-0.2, -0.15) is 0 Å². The maximum atomic E-state index is 3.29. The zero-order valence-electron chi connectivity index (χ0n) is 13.5. The molecule has 0 aliphatic carbocycles. The van der Waals surface area contributed by atoms with Crippen LogP contribution in [-0.2, 0) is 0 Å². The van der Waals surface area contributed by atoms with E-state index in [0.717, 1.165) is 6.54 Å². The molecule has 0 aromatic carbocycles. The van der Waals surface area contributed by atoms with E-state index in [0.29, 0.717) is 11.6 Å². The van der Waals surface area contributed by atoms with Crippen molar-refractivity contribution in [2.45, 2.75) is 64.6 Å². The summed E-state index contributed by atoms with van der Waals surface area (Å²) in [4.78, 5) is 5.24. The molecule has 1 aliphatic heterocycles. The molecule has 1 saturated heterocycles. The monoisotopic (exact) mass is 255 g/mol. The second kappa shape index (κ2) is 5.89. The lowest BCUT2D eigenvalue weighted by molar-refractivity contribution is 0.0233. The van der Waals surface area contributed by atoms with Crippen LogP contribution in [0.3, 0.4) is 0 Å². The van der Waals surface area contributed by atoms with Gasteiger partial charge in [0.25, 0.3) is 0 Å². The topological polar surface area (TPSA) is 18.5 Å². The lowest BCUT2D eigenvalue weighted by Crippen LogP contribution is -2.56. The van der Waals surface area contributed by atoms with E-state index in [9.17, 15) is 0 Å². The van der Waals surface area contributed by atoms with Crippen LogP contribution in [0.5, 0.6) is 0 Å². The third kappa shape index (κ3) is 3.94. The molecule has 18 heavy (non-hydrogen) atoms. The van der Waals surface area contributed by atoms with Crippen LogP contribution in [0.15, 0.2) is 0 Å². The maximum Gasteiger partial charge on any atom is 0.0232 e. The van der Waals surface area contributed by atoms with Gasteiger partial charge >= 0.3 is 0 Å². The van der Waals surface area contributed by atoms with E-state index in [1.165, 1.54) is 25.9 Å². The highest BCUT2D eigenvalue weighted by Crippen LogP contribution is 2.31. The molecule has 1 heterocycles. The van der Waals surface area contributed by atoms with Gasteiger partial charge in [0, 0.05) is 23.7 Å². The van der Waals surface area contributed by atoms with Crippen molar-refractivity contribution in [1.82, 2.24) is 15.1 Å². The average Bonchev–Trinajstić information content (AvgIpc) is 2.34. The molecule has 0 saturated carbocycles. The minimum atomic E-state index is 0.243. The zero-order chi connectivity index (χ0) is 14.0. The predicted molar refractivity (Wildman–Crippen MR) is 80.1 cm³/mol. The predicted octanol–water partition coefficient (Wildman–Crippen LogP) is 2.18. The Morgan fingerprint density at radius 1 is 1.28 bits per heavy atom. The van der Waals surface area contributed by atoms with Gasteiger partial charge in [-0.05, 0) is 74.6 Å². The first-order valence-corrected chi connectivity index (χ1v) is 7.31. The number of likely N-dealkylation sites (N-methyl/N-ethyl adjacent to an activating group) is 1. The van der Waals surface area contributed by atoms with Crippen molar-refractivity contribution in [3.8, 4) is 0 Å². The molecule has 1 aliphatic rings. The SMILES string of the molecule is CNCCC1CN(C(C)(C)C)C(C)(C)CCN1C. The summed E-state index contributed by atoms with van der Waals surface area (Å²) in [5.74, 6) is 0. The summed E-state index contributed by atoms with van der Waals surface area (Å²) < 4.78 is 0. The van der Waals surface area contributed by atoms with Gasteiger partial charge in [-0.25, -0.2) is 0 Å². The van der Waals surface area contributed by atoms with Gasteiger partial charge in [-0.15, -0.1) is 0 Å². The van der Waals surface area contributed by atoms with E-state index in [1.54, 1.807) is 0 Å². The summed E-state index contributed by atoms with van der Waals surface area (Å²) in [6.45, 7) is 15.3. The number of hydrogen-bond acceptors (Lipinski definition) is 3. The van der Waals surface area contributed by atoms with E-state index in [-0.39, 0.29) is 5.54 Å². The van der Waals surface area contributed by atoms with Crippen LogP contribution in [0.2, 0.25) is 0 Å². The largest absolute Gasteiger partial charge is 0.320 e. The van der Waals surface area contributed by atoms with E-state index < -0.39 is 0 Å². The van der Waals surface area contributed by atoms with Crippen molar-refractivity contribution in [2.24, 2.45) is 0 Å². The van der Waals surface area contributed by atoms with Gasteiger partial charge < -0.3 is 10.2 Å². The Kier molecular flexibility index (Phi) is 5.22. The highest BCUT2D eigenvalue weighted by atomic mass is 15.3. The molecule has 1 atom stereocenters. The van der Waals surface area contributed by atoms with Crippen LogP contribution < -0.4 is 5.32 Å². The van der Waals surface area contributed by atoms with Gasteiger partial charge in [0.15, 0.2) is 0 Å². The number of nitrogens with zero attached hydrogens (tertiary/aromatic N) is 2. The van der Waals surface area contributed by atoms with Crippen molar-refractivity contribution in [1.29, 1.82) is 0 Å². The standard InChI is InChI=1S/C15H33N3/c1-14(2,3)18-12-13(8-10-16-6)17(7)11-9-15(18,4)5/h13,16H,8-12H2,1-7H3. The Morgan fingerprint density at radius 2 is 1.89 bits per heavy atom. The van der Waals surface area contributed by atoms with Gasteiger partial charge in [-0.1, -0.05) is 0 Å². The molecule has 1 rings (SSSR count). The van der Waals surface area contributed by atoms with Gasteiger partial charge in [0.2, 0.25) is 0 Å². The number of nitrogens with one attached hydrogen (secondary N) is 1. The molecule has 0 spiro atoms. The zero-order valence-corrected chi connectivity index (χ0v) is 13.5. The molecule has 108 valence electrons. The highest BCUT2D eigenvalue weighted by Gasteiger charge is 2.39. The van der Waals surface area contributed by atoms with Crippen LogP contribution in [0.1, 0.15) is 47.5 Å². The number of rotatable bonds is 3. The fourth-order valence-corrected chi connectivity index (χ4v) is 3.17. The Bertz CT molecular complexity index is 255. The third-order valence-electron chi connectivity index (χ3n) is 4.36. The second-order valence-electron chi connectivity index (χ2n) is 7.37. The van der Waals surface area contributed by atoms with Crippen LogP contribution in [0.4, 0.5) is 0 Å². The Hall–Kier alpha value is -0.120. The summed E-state index contributed by atoms with van der Waals surface area (Å²) in [5, 5.41) is 3.29. The molecule has 0 bridgehead atoms. The molecule has 1 N–H and O–H groups in total. The molecule has 1 fully saturated rings. The molecular formula is C15H33N3. The molecule has 3 nitrogen and oxygen atoms in total. The quantitative estimate of drug-likeness (QED) is 0.834. The fraction of sp³-hybridized carbons (Fsp3) is 1.00. The summed E-state index contributed by atoms with van der Waals surface area (Å²) >= 11 is 0. The minimum absolute atomic E-state index is 0.243. The van der Waals surface area contributed by atoms with Crippen LogP contribution in [0.25, 0.3) is 0 Å². The Balaban J connectivity index is 2.85. The van der Waals surface area contributed by atoms with Crippen molar-refractivity contribution >= 4 is 0 Å². The smallest absolute Gasteiger partial charge is 0.0232 e. The molecule has 3 heteroatoms. The van der Waals surface area contributed by atoms with Crippen LogP contribution in [0, 0.1) is 0 Å². The molecule has 0 aromatic heterocycles. The first kappa shape index (κ1) is 15.9. The average molecular weight is 255 g/mol. The normalized spacial score (nSPS) is 27.2. The molecule has 0 radical (unpaired) electrons. The molecule has 0 amide bonds. The summed E-state index contributed by atoms with van der Waals surface area (Å²) in [6, 6.07) is 0.665. The van der Waals surface area contributed by atoms with Gasteiger partial charge in [-0.3, -0.25) is 4.90 Å². The lowest BCUT2D eigenvalue weighted by Gasteiger charge is -2.47. The van der Waals surface area contributed by atoms with Crippen LogP contribution >= 0.6 is 0 Å². The highest BCUT2D eigenvalue weighted by molar-refractivity contribution is 4.95. The van der Waals surface area contributed by atoms with E-state index in [2.05, 4.69) is 56.8 Å². The van der Waals surface area contributed by atoms with E-state index >= 15 is 0 Å². The second-order valence-corrected chi connectivity index (χ2v) is 7.37. The lowest BCUT2D eigenvalue weighted by atomic mass is 9.91. The van der Waals surface area contributed by atoms with Crippen molar-refractivity contribution in [3.63, 3.8) is 0 Å². The van der Waals surface area contributed by atoms with E-state index in [1.807, 2.05) is 7.05 Å². The third-order valence-corrected chi connectivity index (χ3v) is 4.36. The molecular weight excluding hydrogens is 222 g/mol. The first-order valence-electron chi connectivity index (χ1n) is 7.31. The summed E-state index contributed by atoms with van der Waals surface area (Å²) in [5.41, 5.74) is 0.535. The Labute approximate surface area is 114 Å². The number of hydrogen-bond donors (Lipinski definition) is 1. The maximum absolute atomic E-state index is 3.29. The first-order chi connectivity index (χ1) is 8.18. The van der Waals surface area contributed by atoms with Crippen LogP contribution in [-0.4, -0.2) is 60.6 Å². The van der Waals surface area contributed by atoms with Gasteiger partial charge in [0.05, 0.1) is 0 Å². The van der Waals surface area contributed by atoms with E-state index in [4.69, 9.17) is 0 Å².